The number of carbonyl (C=O) groups excluding carboxylic acids is 2. The molecular formula is C22H16Cl2N2O5. The van der Waals surface area contributed by atoms with Gasteiger partial charge in [0.2, 0.25) is 0 Å². The fraction of sp³-hybridized carbons (Fsp3) is 0.0455. The zero-order valence-electron chi connectivity index (χ0n) is 15.9. The second-order valence-corrected chi connectivity index (χ2v) is 7.17. The Morgan fingerprint density at radius 1 is 0.806 bits per heavy atom. The Hall–Kier alpha value is -3.55. The molecule has 0 fully saturated rings. The fourth-order valence-corrected chi connectivity index (χ4v) is 3.00. The van der Waals surface area contributed by atoms with Gasteiger partial charge in [-0.2, -0.15) is 0 Å². The third-order valence-corrected chi connectivity index (χ3v) is 4.60. The van der Waals surface area contributed by atoms with Crippen molar-refractivity contribution in [3.8, 4) is 5.75 Å². The summed E-state index contributed by atoms with van der Waals surface area (Å²) in [4.78, 5) is 35.3. The highest BCUT2D eigenvalue weighted by Gasteiger charge is 2.10. The van der Waals surface area contributed by atoms with Gasteiger partial charge in [0.05, 0.1) is 10.6 Å². The molecule has 3 aromatic rings. The summed E-state index contributed by atoms with van der Waals surface area (Å²) >= 11 is 11.8. The minimum atomic E-state index is -1.04. The van der Waals surface area contributed by atoms with E-state index in [1.165, 1.54) is 30.3 Å². The average molecular weight is 459 g/mol. The van der Waals surface area contributed by atoms with Crippen molar-refractivity contribution in [1.29, 1.82) is 0 Å². The largest absolute Gasteiger partial charge is 0.482 e. The Bertz CT molecular complexity index is 1120. The summed E-state index contributed by atoms with van der Waals surface area (Å²) in [6.07, 6.45) is 0. The maximum absolute atomic E-state index is 12.3. The van der Waals surface area contributed by atoms with E-state index in [2.05, 4.69) is 10.6 Å². The lowest BCUT2D eigenvalue weighted by Crippen LogP contribution is -2.20. The second-order valence-electron chi connectivity index (χ2n) is 6.33. The first-order valence-corrected chi connectivity index (χ1v) is 9.70. The number of carboxylic acid groups (broad SMARTS) is 1. The summed E-state index contributed by atoms with van der Waals surface area (Å²) in [5.74, 6) is -1.48. The predicted molar refractivity (Wildman–Crippen MR) is 118 cm³/mol. The SMILES string of the molecule is O=C(COc1ccc(Cl)cc1Cl)Nc1ccc(C(=O)Nc2ccc(C(=O)O)cc2)cc1. The van der Waals surface area contributed by atoms with E-state index in [0.29, 0.717) is 32.7 Å². The van der Waals surface area contributed by atoms with Crippen LogP contribution in [0, 0.1) is 0 Å². The van der Waals surface area contributed by atoms with Gasteiger partial charge in [-0.1, -0.05) is 23.2 Å². The van der Waals surface area contributed by atoms with Crippen LogP contribution in [0.3, 0.4) is 0 Å². The number of aromatic carboxylic acids is 1. The van der Waals surface area contributed by atoms with Crippen LogP contribution in [0.15, 0.2) is 66.7 Å². The van der Waals surface area contributed by atoms with E-state index in [-0.39, 0.29) is 18.1 Å². The van der Waals surface area contributed by atoms with Crippen molar-refractivity contribution in [2.45, 2.75) is 0 Å². The monoisotopic (exact) mass is 458 g/mol. The molecule has 0 saturated heterocycles. The number of hydrogen-bond acceptors (Lipinski definition) is 4. The van der Waals surface area contributed by atoms with Crippen molar-refractivity contribution >= 4 is 52.4 Å². The summed E-state index contributed by atoms with van der Waals surface area (Å²) in [5.41, 5.74) is 1.44. The molecule has 0 heterocycles. The number of amides is 2. The number of carboxylic acids is 1. The number of nitrogens with one attached hydrogen (secondary N) is 2. The van der Waals surface area contributed by atoms with Crippen molar-refractivity contribution in [3.05, 3.63) is 87.9 Å². The number of carbonyl (C=O) groups is 3. The van der Waals surface area contributed by atoms with Gasteiger partial charge >= 0.3 is 5.97 Å². The molecule has 9 heteroatoms. The molecule has 158 valence electrons. The van der Waals surface area contributed by atoms with Gasteiger partial charge in [0, 0.05) is 22.0 Å². The van der Waals surface area contributed by atoms with E-state index in [9.17, 15) is 14.4 Å². The lowest BCUT2D eigenvalue weighted by Gasteiger charge is -2.10. The van der Waals surface area contributed by atoms with Gasteiger partial charge in [-0.3, -0.25) is 9.59 Å². The van der Waals surface area contributed by atoms with Crippen LogP contribution in [0.1, 0.15) is 20.7 Å². The summed E-state index contributed by atoms with van der Waals surface area (Å²) in [7, 11) is 0. The highest BCUT2D eigenvalue weighted by Crippen LogP contribution is 2.27. The summed E-state index contributed by atoms with van der Waals surface area (Å²) in [5, 5.41) is 15.0. The number of hydrogen-bond donors (Lipinski definition) is 3. The van der Waals surface area contributed by atoms with Crippen LogP contribution in [-0.4, -0.2) is 29.5 Å². The van der Waals surface area contributed by atoms with E-state index >= 15 is 0 Å². The van der Waals surface area contributed by atoms with Crippen LogP contribution in [-0.2, 0) is 4.79 Å². The first kappa shape index (κ1) is 22.1. The minimum Gasteiger partial charge on any atom is -0.482 e. The maximum Gasteiger partial charge on any atom is 0.335 e. The van der Waals surface area contributed by atoms with E-state index in [1.807, 2.05) is 0 Å². The molecule has 0 aliphatic heterocycles. The Morgan fingerprint density at radius 2 is 1.39 bits per heavy atom. The van der Waals surface area contributed by atoms with Gasteiger partial charge in [-0.25, -0.2) is 4.79 Å². The smallest absolute Gasteiger partial charge is 0.335 e. The Kier molecular flexibility index (Phi) is 7.12. The van der Waals surface area contributed by atoms with Crippen LogP contribution in [0.2, 0.25) is 10.0 Å². The van der Waals surface area contributed by atoms with Crippen molar-refractivity contribution in [2.75, 3.05) is 17.2 Å². The minimum absolute atomic E-state index is 0.125. The molecule has 7 nitrogen and oxygen atoms in total. The summed E-state index contributed by atoms with van der Waals surface area (Å²) in [6, 6.07) is 16.7. The van der Waals surface area contributed by atoms with Crippen LogP contribution >= 0.6 is 23.2 Å². The summed E-state index contributed by atoms with van der Waals surface area (Å²) in [6.45, 7) is -0.254. The number of ether oxygens (including phenoxy) is 1. The highest BCUT2D eigenvalue weighted by molar-refractivity contribution is 6.35. The van der Waals surface area contributed by atoms with Crippen molar-refractivity contribution in [2.24, 2.45) is 0 Å². The molecule has 0 spiro atoms. The standard InChI is InChI=1S/C22H16Cl2N2O5/c23-15-5-10-19(18(24)11-15)31-12-20(27)25-16-6-1-13(2-7-16)21(28)26-17-8-3-14(4-9-17)22(29)30/h1-11H,12H2,(H,25,27)(H,26,28)(H,29,30). The molecule has 31 heavy (non-hydrogen) atoms. The van der Waals surface area contributed by atoms with E-state index in [4.69, 9.17) is 33.0 Å². The van der Waals surface area contributed by atoms with Gasteiger partial charge in [-0.05, 0) is 66.7 Å². The lowest BCUT2D eigenvalue weighted by atomic mass is 10.1. The first-order valence-electron chi connectivity index (χ1n) is 8.94. The fourth-order valence-electron chi connectivity index (χ4n) is 2.54. The van der Waals surface area contributed by atoms with Gasteiger partial charge in [0.15, 0.2) is 6.61 Å². The van der Waals surface area contributed by atoms with Gasteiger partial charge in [0.25, 0.3) is 11.8 Å². The van der Waals surface area contributed by atoms with E-state index in [0.717, 1.165) is 0 Å². The lowest BCUT2D eigenvalue weighted by molar-refractivity contribution is -0.118. The number of benzene rings is 3. The quantitative estimate of drug-likeness (QED) is 0.463. The normalized spacial score (nSPS) is 10.3. The highest BCUT2D eigenvalue weighted by atomic mass is 35.5. The molecule has 3 rings (SSSR count). The van der Waals surface area contributed by atoms with Crippen molar-refractivity contribution < 1.29 is 24.2 Å². The molecular weight excluding hydrogens is 443 g/mol. The van der Waals surface area contributed by atoms with Crippen LogP contribution < -0.4 is 15.4 Å². The molecule has 0 atom stereocenters. The molecule has 0 radical (unpaired) electrons. The zero-order valence-corrected chi connectivity index (χ0v) is 17.4. The molecule has 3 aromatic carbocycles. The van der Waals surface area contributed by atoms with Gasteiger partial charge in [0.1, 0.15) is 5.75 Å². The predicted octanol–water partition coefficient (Wildman–Crippen LogP) is 4.96. The second kappa shape index (κ2) is 9.97. The first-order chi connectivity index (χ1) is 14.8. The molecule has 0 bridgehead atoms. The maximum atomic E-state index is 12.3. The molecule has 0 unspecified atom stereocenters. The Balaban J connectivity index is 1.53. The van der Waals surface area contributed by atoms with Crippen molar-refractivity contribution in [1.82, 2.24) is 0 Å². The Morgan fingerprint density at radius 3 is 1.97 bits per heavy atom. The number of rotatable bonds is 7. The Labute approximate surface area is 187 Å². The van der Waals surface area contributed by atoms with Crippen LogP contribution in [0.4, 0.5) is 11.4 Å². The van der Waals surface area contributed by atoms with Gasteiger partial charge < -0.3 is 20.5 Å². The van der Waals surface area contributed by atoms with E-state index in [1.54, 1.807) is 36.4 Å². The molecule has 0 aliphatic carbocycles. The third kappa shape index (κ3) is 6.21. The average Bonchev–Trinajstić information content (AvgIpc) is 2.74. The molecule has 0 aliphatic rings. The molecule has 3 N–H and O–H groups in total. The van der Waals surface area contributed by atoms with Crippen molar-refractivity contribution in [3.63, 3.8) is 0 Å². The van der Waals surface area contributed by atoms with E-state index < -0.39 is 11.9 Å². The number of anilines is 2. The molecule has 0 aromatic heterocycles. The molecule has 0 saturated carbocycles. The summed E-state index contributed by atoms with van der Waals surface area (Å²) < 4.78 is 5.37. The van der Waals surface area contributed by atoms with Gasteiger partial charge in [-0.15, -0.1) is 0 Å². The zero-order chi connectivity index (χ0) is 22.4. The van der Waals surface area contributed by atoms with Crippen LogP contribution in [0.25, 0.3) is 0 Å². The topological polar surface area (TPSA) is 105 Å². The number of halogens is 2. The van der Waals surface area contributed by atoms with Crippen LogP contribution in [0.5, 0.6) is 5.75 Å². The third-order valence-electron chi connectivity index (χ3n) is 4.07. The molecule has 2 amide bonds.